The summed E-state index contributed by atoms with van der Waals surface area (Å²) in [6.45, 7) is 3.85. The van der Waals surface area contributed by atoms with Gasteiger partial charge in [-0.2, -0.15) is 0 Å². The van der Waals surface area contributed by atoms with E-state index in [9.17, 15) is 4.39 Å². The van der Waals surface area contributed by atoms with Crippen molar-refractivity contribution >= 4 is 0 Å². The van der Waals surface area contributed by atoms with Crippen LogP contribution in [0.1, 0.15) is 31.9 Å². The normalized spacial score (nSPS) is 14.1. The van der Waals surface area contributed by atoms with E-state index in [0.29, 0.717) is 6.42 Å². The van der Waals surface area contributed by atoms with Gasteiger partial charge in [0.1, 0.15) is 5.82 Å². The molecule has 0 spiro atoms. The molecule has 0 fully saturated rings. The van der Waals surface area contributed by atoms with Crippen molar-refractivity contribution in [3.63, 3.8) is 0 Å². The van der Waals surface area contributed by atoms with Gasteiger partial charge in [0, 0.05) is 11.6 Å². The quantitative estimate of drug-likeness (QED) is 0.776. The Morgan fingerprint density at radius 2 is 1.79 bits per heavy atom. The molecule has 1 aromatic carbocycles. The topological polar surface area (TPSA) is 52.0 Å². The molecule has 0 heterocycles. The number of hydrogen-bond donors (Lipinski definition) is 2. The van der Waals surface area contributed by atoms with E-state index in [1.165, 1.54) is 12.1 Å². The Kier molecular flexibility index (Phi) is 3.24. The first-order valence-electron chi connectivity index (χ1n) is 4.68. The van der Waals surface area contributed by atoms with Crippen LogP contribution in [0.4, 0.5) is 4.39 Å². The van der Waals surface area contributed by atoms with E-state index in [0.717, 1.165) is 5.56 Å². The van der Waals surface area contributed by atoms with Crippen LogP contribution in [0.25, 0.3) is 0 Å². The van der Waals surface area contributed by atoms with Gasteiger partial charge in [0.15, 0.2) is 0 Å². The first-order valence-corrected chi connectivity index (χ1v) is 4.68. The predicted molar refractivity (Wildman–Crippen MR) is 56.2 cm³/mol. The van der Waals surface area contributed by atoms with E-state index in [1.54, 1.807) is 12.1 Å². The lowest BCUT2D eigenvalue weighted by molar-refractivity contribution is 0.429. The smallest absolute Gasteiger partial charge is 0.123 e. The van der Waals surface area contributed by atoms with Gasteiger partial charge < -0.3 is 11.5 Å². The van der Waals surface area contributed by atoms with Crippen molar-refractivity contribution in [2.24, 2.45) is 11.5 Å². The van der Waals surface area contributed by atoms with Crippen LogP contribution in [0.2, 0.25) is 0 Å². The summed E-state index contributed by atoms with van der Waals surface area (Å²) in [5, 5.41) is 0. The van der Waals surface area contributed by atoms with Crippen molar-refractivity contribution in [2.75, 3.05) is 0 Å². The van der Waals surface area contributed by atoms with E-state index in [4.69, 9.17) is 11.5 Å². The summed E-state index contributed by atoms with van der Waals surface area (Å²) in [6, 6.07) is 6.10. The van der Waals surface area contributed by atoms with Crippen LogP contribution in [0.5, 0.6) is 0 Å². The third-order valence-electron chi connectivity index (χ3n) is 2.04. The molecule has 0 aromatic heterocycles. The van der Waals surface area contributed by atoms with E-state index < -0.39 is 0 Å². The Hall–Kier alpha value is -0.930. The lowest BCUT2D eigenvalue weighted by Gasteiger charge is -2.23. The highest BCUT2D eigenvalue weighted by Gasteiger charge is 2.17. The van der Waals surface area contributed by atoms with Crippen LogP contribution < -0.4 is 11.5 Å². The summed E-state index contributed by atoms with van der Waals surface area (Å²) in [5.74, 6) is -0.243. The Morgan fingerprint density at radius 1 is 1.29 bits per heavy atom. The summed E-state index contributed by atoms with van der Waals surface area (Å²) < 4.78 is 12.6. The number of nitrogens with two attached hydrogens (primary N) is 2. The lowest BCUT2D eigenvalue weighted by atomic mass is 9.93. The van der Waals surface area contributed by atoms with E-state index in [1.807, 2.05) is 13.8 Å². The standard InChI is InChI=1S/C11H17FN2/c1-11(2,14)7-10(13)8-3-5-9(12)6-4-8/h3-6,10H,7,13-14H2,1-2H3. The molecule has 14 heavy (non-hydrogen) atoms. The van der Waals surface area contributed by atoms with Gasteiger partial charge in [0.2, 0.25) is 0 Å². The van der Waals surface area contributed by atoms with Crippen molar-refractivity contribution < 1.29 is 4.39 Å². The molecule has 0 aliphatic rings. The zero-order valence-electron chi connectivity index (χ0n) is 8.63. The van der Waals surface area contributed by atoms with Crippen LogP contribution in [0, 0.1) is 5.82 Å². The largest absolute Gasteiger partial charge is 0.325 e. The molecule has 1 unspecified atom stereocenters. The van der Waals surface area contributed by atoms with Gasteiger partial charge in [-0.05, 0) is 38.0 Å². The lowest BCUT2D eigenvalue weighted by Crippen LogP contribution is -2.35. The molecule has 0 bridgehead atoms. The molecule has 0 aliphatic heterocycles. The molecule has 2 nitrogen and oxygen atoms in total. The molecule has 4 N–H and O–H groups in total. The summed E-state index contributed by atoms with van der Waals surface area (Å²) in [4.78, 5) is 0. The molecule has 0 radical (unpaired) electrons. The minimum absolute atomic E-state index is 0.129. The summed E-state index contributed by atoms with van der Waals surface area (Å²) in [5.41, 5.74) is 12.4. The van der Waals surface area contributed by atoms with Crippen molar-refractivity contribution in [2.45, 2.75) is 31.8 Å². The van der Waals surface area contributed by atoms with Crippen LogP contribution in [-0.4, -0.2) is 5.54 Å². The Labute approximate surface area is 84.1 Å². The second-order valence-corrected chi connectivity index (χ2v) is 4.35. The van der Waals surface area contributed by atoms with Gasteiger partial charge in [0.05, 0.1) is 0 Å². The Bertz CT molecular complexity index is 287. The molecule has 1 aromatic rings. The van der Waals surface area contributed by atoms with E-state index >= 15 is 0 Å². The fourth-order valence-corrected chi connectivity index (χ4v) is 1.39. The molecular formula is C11H17FN2. The Morgan fingerprint density at radius 3 is 2.21 bits per heavy atom. The first kappa shape index (κ1) is 11.1. The fourth-order valence-electron chi connectivity index (χ4n) is 1.39. The number of halogens is 1. The molecule has 0 saturated carbocycles. The van der Waals surface area contributed by atoms with Gasteiger partial charge in [-0.3, -0.25) is 0 Å². The van der Waals surface area contributed by atoms with Crippen molar-refractivity contribution in [3.05, 3.63) is 35.6 Å². The van der Waals surface area contributed by atoms with Crippen LogP contribution in [0.15, 0.2) is 24.3 Å². The van der Waals surface area contributed by atoms with Crippen LogP contribution in [-0.2, 0) is 0 Å². The van der Waals surface area contributed by atoms with Gasteiger partial charge in [-0.1, -0.05) is 12.1 Å². The highest BCUT2D eigenvalue weighted by Crippen LogP contribution is 2.19. The van der Waals surface area contributed by atoms with E-state index in [-0.39, 0.29) is 17.4 Å². The molecule has 78 valence electrons. The minimum Gasteiger partial charge on any atom is -0.325 e. The maximum absolute atomic E-state index is 12.6. The van der Waals surface area contributed by atoms with Crippen molar-refractivity contribution in [1.29, 1.82) is 0 Å². The van der Waals surface area contributed by atoms with Gasteiger partial charge in [-0.25, -0.2) is 4.39 Å². The first-order chi connectivity index (χ1) is 6.38. The predicted octanol–water partition coefficient (Wildman–Crippen LogP) is 1.95. The van der Waals surface area contributed by atoms with Gasteiger partial charge in [-0.15, -0.1) is 0 Å². The monoisotopic (exact) mass is 196 g/mol. The van der Waals surface area contributed by atoms with Crippen molar-refractivity contribution in [1.82, 2.24) is 0 Å². The third kappa shape index (κ3) is 3.44. The molecule has 1 atom stereocenters. The fraction of sp³-hybridized carbons (Fsp3) is 0.455. The average molecular weight is 196 g/mol. The number of rotatable bonds is 3. The molecule has 3 heteroatoms. The molecule has 0 saturated heterocycles. The minimum atomic E-state index is -0.298. The number of benzene rings is 1. The van der Waals surface area contributed by atoms with Gasteiger partial charge in [0.25, 0.3) is 0 Å². The molecule has 0 aliphatic carbocycles. The maximum Gasteiger partial charge on any atom is 0.123 e. The molecule has 1 rings (SSSR count). The van der Waals surface area contributed by atoms with Crippen molar-refractivity contribution in [3.8, 4) is 0 Å². The highest BCUT2D eigenvalue weighted by molar-refractivity contribution is 5.19. The molecule has 0 amide bonds. The SMILES string of the molecule is CC(C)(N)CC(N)c1ccc(F)cc1. The second kappa shape index (κ2) is 4.07. The van der Waals surface area contributed by atoms with Crippen LogP contribution >= 0.6 is 0 Å². The third-order valence-corrected chi connectivity index (χ3v) is 2.04. The van der Waals surface area contributed by atoms with Crippen LogP contribution in [0.3, 0.4) is 0 Å². The number of hydrogen-bond acceptors (Lipinski definition) is 2. The second-order valence-electron chi connectivity index (χ2n) is 4.35. The summed E-state index contributed by atoms with van der Waals surface area (Å²) in [6.07, 6.45) is 0.679. The maximum atomic E-state index is 12.6. The summed E-state index contributed by atoms with van der Waals surface area (Å²) >= 11 is 0. The zero-order valence-corrected chi connectivity index (χ0v) is 8.63. The highest BCUT2D eigenvalue weighted by atomic mass is 19.1. The summed E-state index contributed by atoms with van der Waals surface area (Å²) in [7, 11) is 0. The molecular weight excluding hydrogens is 179 g/mol. The van der Waals surface area contributed by atoms with E-state index in [2.05, 4.69) is 0 Å². The average Bonchev–Trinajstić information content (AvgIpc) is 2.02. The Balaban J connectivity index is 2.70. The van der Waals surface area contributed by atoms with Gasteiger partial charge >= 0.3 is 0 Å². The zero-order chi connectivity index (χ0) is 10.8.